The Morgan fingerprint density at radius 3 is 2.57 bits per heavy atom. The second-order valence-corrected chi connectivity index (χ2v) is 5.58. The normalized spacial score (nSPS) is 17.2. The number of aliphatic carboxylic acids is 1. The van der Waals surface area contributed by atoms with Gasteiger partial charge in [0.05, 0.1) is 0 Å². The third kappa shape index (κ3) is 7.32. The topological polar surface area (TPSA) is 87.7 Å². The van der Waals surface area contributed by atoms with Crippen molar-refractivity contribution in [2.75, 3.05) is 19.8 Å². The summed E-state index contributed by atoms with van der Waals surface area (Å²) in [5.41, 5.74) is 0. The van der Waals surface area contributed by atoms with Crippen molar-refractivity contribution in [1.82, 2.24) is 10.6 Å². The Labute approximate surface area is 126 Å². The summed E-state index contributed by atoms with van der Waals surface area (Å²) in [5.74, 6) is -0.891. The van der Waals surface area contributed by atoms with Crippen LogP contribution in [-0.4, -0.2) is 42.9 Å². The van der Waals surface area contributed by atoms with E-state index in [1.807, 2.05) is 6.92 Å². The molecule has 0 saturated heterocycles. The van der Waals surface area contributed by atoms with Crippen molar-refractivity contribution in [3.63, 3.8) is 0 Å². The zero-order valence-electron chi connectivity index (χ0n) is 12.9. The number of carboxylic acids is 1. The Kier molecular flexibility index (Phi) is 8.82. The quantitative estimate of drug-likeness (QED) is 0.569. The summed E-state index contributed by atoms with van der Waals surface area (Å²) in [6.45, 7) is 3.88. The molecule has 1 rings (SSSR count). The number of hydrogen-bond acceptors (Lipinski definition) is 3. The zero-order chi connectivity index (χ0) is 15.5. The third-order valence-electron chi connectivity index (χ3n) is 3.77. The summed E-state index contributed by atoms with van der Waals surface area (Å²) in [6.07, 6.45) is 6.72. The molecule has 6 nitrogen and oxygen atoms in total. The van der Waals surface area contributed by atoms with Crippen molar-refractivity contribution in [2.45, 2.75) is 57.9 Å². The predicted molar refractivity (Wildman–Crippen MR) is 80.3 cm³/mol. The molecule has 1 atom stereocenters. The minimum atomic E-state index is -0.941. The Morgan fingerprint density at radius 2 is 1.95 bits per heavy atom. The Hall–Kier alpha value is -1.30. The van der Waals surface area contributed by atoms with Crippen molar-refractivity contribution in [1.29, 1.82) is 0 Å². The van der Waals surface area contributed by atoms with Crippen molar-refractivity contribution >= 4 is 12.0 Å². The highest BCUT2D eigenvalue weighted by Crippen LogP contribution is 2.26. The summed E-state index contributed by atoms with van der Waals surface area (Å²) in [5, 5.41) is 14.6. The van der Waals surface area contributed by atoms with Gasteiger partial charge in [-0.05, 0) is 31.6 Å². The molecule has 0 aromatic carbocycles. The summed E-state index contributed by atoms with van der Waals surface area (Å²) < 4.78 is 5.31. The van der Waals surface area contributed by atoms with Gasteiger partial charge in [-0.15, -0.1) is 0 Å². The molecule has 0 aromatic rings. The lowest BCUT2D eigenvalue weighted by Gasteiger charge is -2.28. The van der Waals surface area contributed by atoms with E-state index in [0.29, 0.717) is 13.2 Å². The number of nitrogens with one attached hydrogen (secondary N) is 2. The Morgan fingerprint density at radius 1 is 1.24 bits per heavy atom. The number of urea groups is 1. The van der Waals surface area contributed by atoms with Crippen molar-refractivity contribution in [2.24, 2.45) is 5.92 Å². The molecule has 0 spiro atoms. The van der Waals surface area contributed by atoms with Gasteiger partial charge in [0.15, 0.2) is 0 Å². The fourth-order valence-corrected chi connectivity index (χ4v) is 2.66. The monoisotopic (exact) mass is 300 g/mol. The first-order valence-corrected chi connectivity index (χ1v) is 8.00. The fraction of sp³-hybridized carbons (Fsp3) is 0.867. The largest absolute Gasteiger partial charge is 0.480 e. The van der Waals surface area contributed by atoms with Crippen LogP contribution >= 0.6 is 0 Å². The first kappa shape index (κ1) is 17.8. The highest BCUT2D eigenvalue weighted by Gasteiger charge is 2.30. The highest BCUT2D eigenvalue weighted by atomic mass is 16.5. The average Bonchev–Trinajstić information content (AvgIpc) is 2.49. The van der Waals surface area contributed by atoms with Crippen LogP contribution in [0.1, 0.15) is 51.9 Å². The van der Waals surface area contributed by atoms with Crippen LogP contribution in [0.2, 0.25) is 0 Å². The molecule has 0 aliphatic heterocycles. The van der Waals surface area contributed by atoms with E-state index in [4.69, 9.17) is 4.74 Å². The average molecular weight is 300 g/mol. The van der Waals surface area contributed by atoms with Gasteiger partial charge in [-0.2, -0.15) is 0 Å². The molecule has 21 heavy (non-hydrogen) atoms. The molecule has 1 fully saturated rings. The molecule has 0 aromatic heterocycles. The lowest BCUT2D eigenvalue weighted by Crippen LogP contribution is -2.50. The minimum absolute atomic E-state index is 0.0508. The second kappa shape index (κ2) is 10.4. The van der Waals surface area contributed by atoms with E-state index < -0.39 is 18.0 Å². The summed E-state index contributed by atoms with van der Waals surface area (Å²) in [6, 6.07) is -1.18. The molecule has 6 heteroatoms. The van der Waals surface area contributed by atoms with Gasteiger partial charge in [0, 0.05) is 19.8 Å². The number of ether oxygens (including phenoxy) is 1. The molecule has 1 saturated carbocycles. The van der Waals surface area contributed by atoms with Gasteiger partial charge < -0.3 is 20.5 Å². The maximum atomic E-state index is 11.8. The summed E-state index contributed by atoms with van der Waals surface area (Å²) >= 11 is 0. The standard InChI is InChI=1S/C15H28N2O4/c1-2-10-21-11-6-9-16-15(20)17-13(14(18)19)12-7-4-3-5-8-12/h12-13H,2-11H2,1H3,(H,18,19)(H2,16,17,20). The van der Waals surface area contributed by atoms with Crippen molar-refractivity contribution < 1.29 is 19.4 Å². The van der Waals surface area contributed by atoms with E-state index in [1.54, 1.807) is 0 Å². The van der Waals surface area contributed by atoms with Gasteiger partial charge in [0.25, 0.3) is 0 Å². The van der Waals surface area contributed by atoms with Gasteiger partial charge in [-0.1, -0.05) is 26.2 Å². The van der Waals surface area contributed by atoms with Crippen molar-refractivity contribution in [3.8, 4) is 0 Å². The Balaban J connectivity index is 2.24. The van der Waals surface area contributed by atoms with Crippen LogP contribution in [0.25, 0.3) is 0 Å². The van der Waals surface area contributed by atoms with E-state index in [-0.39, 0.29) is 5.92 Å². The molecule has 0 radical (unpaired) electrons. The molecule has 0 bridgehead atoms. The van der Waals surface area contributed by atoms with E-state index >= 15 is 0 Å². The van der Waals surface area contributed by atoms with Gasteiger partial charge >= 0.3 is 12.0 Å². The maximum Gasteiger partial charge on any atom is 0.326 e. The molecule has 0 heterocycles. The molecule has 1 unspecified atom stereocenters. The molecule has 1 aliphatic carbocycles. The zero-order valence-corrected chi connectivity index (χ0v) is 12.9. The number of rotatable bonds is 9. The Bertz CT molecular complexity index is 317. The van der Waals surface area contributed by atoms with Crippen LogP contribution in [0.15, 0.2) is 0 Å². The van der Waals surface area contributed by atoms with E-state index in [9.17, 15) is 14.7 Å². The second-order valence-electron chi connectivity index (χ2n) is 5.58. The number of carboxylic acid groups (broad SMARTS) is 1. The smallest absolute Gasteiger partial charge is 0.326 e. The molecular weight excluding hydrogens is 272 g/mol. The third-order valence-corrected chi connectivity index (χ3v) is 3.77. The number of carbonyl (C=O) groups is 2. The first-order valence-electron chi connectivity index (χ1n) is 8.00. The molecule has 1 aliphatic rings. The molecule has 3 N–H and O–H groups in total. The fourth-order valence-electron chi connectivity index (χ4n) is 2.66. The molecular formula is C15H28N2O4. The van der Waals surface area contributed by atoms with Gasteiger partial charge in [0.2, 0.25) is 0 Å². The minimum Gasteiger partial charge on any atom is -0.480 e. The number of carbonyl (C=O) groups excluding carboxylic acids is 1. The predicted octanol–water partition coefficient (Wildman–Crippen LogP) is 2.14. The first-order chi connectivity index (χ1) is 10.1. The maximum absolute atomic E-state index is 11.8. The van der Waals surface area contributed by atoms with Gasteiger partial charge in [-0.25, -0.2) is 9.59 Å². The van der Waals surface area contributed by atoms with Crippen LogP contribution in [0.4, 0.5) is 4.79 Å². The molecule has 2 amide bonds. The van der Waals surface area contributed by atoms with Crippen LogP contribution < -0.4 is 10.6 Å². The van der Waals surface area contributed by atoms with Crippen LogP contribution in [0.3, 0.4) is 0 Å². The number of amides is 2. The number of hydrogen-bond donors (Lipinski definition) is 3. The highest BCUT2D eigenvalue weighted by molar-refractivity contribution is 5.82. The SMILES string of the molecule is CCCOCCCNC(=O)NC(C(=O)O)C1CCCCC1. The lowest BCUT2D eigenvalue weighted by molar-refractivity contribution is -0.141. The van der Waals surface area contributed by atoms with E-state index in [0.717, 1.165) is 51.6 Å². The lowest BCUT2D eigenvalue weighted by atomic mass is 9.84. The van der Waals surface area contributed by atoms with Crippen molar-refractivity contribution in [3.05, 3.63) is 0 Å². The van der Waals surface area contributed by atoms with E-state index in [2.05, 4.69) is 10.6 Å². The van der Waals surface area contributed by atoms with Gasteiger partial charge in [-0.3, -0.25) is 0 Å². The van der Waals surface area contributed by atoms with Crippen LogP contribution in [0.5, 0.6) is 0 Å². The molecule has 122 valence electrons. The van der Waals surface area contributed by atoms with E-state index in [1.165, 1.54) is 0 Å². The van der Waals surface area contributed by atoms with Crippen LogP contribution in [-0.2, 0) is 9.53 Å². The van der Waals surface area contributed by atoms with Gasteiger partial charge in [0.1, 0.15) is 6.04 Å². The summed E-state index contributed by atoms with van der Waals surface area (Å²) in [4.78, 5) is 23.1. The summed E-state index contributed by atoms with van der Waals surface area (Å²) in [7, 11) is 0. The van der Waals surface area contributed by atoms with Crippen LogP contribution in [0, 0.1) is 5.92 Å².